The van der Waals surface area contributed by atoms with E-state index in [2.05, 4.69) is 15.4 Å². The second kappa shape index (κ2) is 8.57. The van der Waals surface area contributed by atoms with Gasteiger partial charge in [-0.15, -0.1) is 0 Å². The first kappa shape index (κ1) is 18.1. The van der Waals surface area contributed by atoms with Crippen molar-refractivity contribution < 1.29 is 9.82 Å². The Morgan fingerprint density at radius 2 is 2.00 bits per heavy atom. The van der Waals surface area contributed by atoms with Gasteiger partial charge in [0.1, 0.15) is 0 Å². The van der Waals surface area contributed by atoms with E-state index in [9.17, 15) is 9.82 Å². The number of carbonyl (C=O) groups excluding carboxylic acids is 1. The molecule has 5 nitrogen and oxygen atoms in total. The van der Waals surface area contributed by atoms with Crippen LogP contribution in [-0.4, -0.2) is 42.6 Å². The van der Waals surface area contributed by atoms with Crippen LogP contribution in [-0.2, 0) is 0 Å². The number of rotatable bonds is 5. The number of amides is 2. The molecule has 1 aromatic rings. The van der Waals surface area contributed by atoms with Crippen LogP contribution >= 0.6 is 11.6 Å². The van der Waals surface area contributed by atoms with Crippen LogP contribution in [0, 0.1) is 5.92 Å². The lowest BCUT2D eigenvalue weighted by molar-refractivity contribution is 0.199. The minimum atomic E-state index is -0.415. The second-order valence-corrected chi connectivity index (χ2v) is 6.47. The molecule has 1 heterocycles. The molecule has 1 saturated heterocycles. The fraction of sp³-hybridized carbons (Fsp3) is 0.562. The molecule has 2 rings (SSSR count). The number of nitrogens with zero attached hydrogens (tertiary/aromatic N) is 1. The first-order valence-corrected chi connectivity index (χ1v) is 8.61. The Morgan fingerprint density at radius 1 is 1.39 bits per heavy atom. The Bertz CT molecular complexity index is 505. The molecule has 1 unspecified atom stereocenters. The Labute approximate surface area is 143 Å². The topological polar surface area (TPSA) is 64.6 Å². The summed E-state index contributed by atoms with van der Waals surface area (Å²) in [6.07, 6.45) is 1.87. The Hall–Kier alpha value is -1.24. The van der Waals surface area contributed by atoms with E-state index < -0.39 is 7.05 Å². The summed E-state index contributed by atoms with van der Waals surface area (Å²) in [5, 5.41) is 16.3. The number of hydrogen-bond donors (Lipinski definition) is 3. The molecule has 1 aromatic carbocycles. The van der Waals surface area contributed by atoms with E-state index in [0.29, 0.717) is 17.5 Å². The van der Waals surface area contributed by atoms with Crippen molar-refractivity contribution in [1.29, 1.82) is 0 Å². The zero-order chi connectivity index (χ0) is 16.8. The van der Waals surface area contributed by atoms with Crippen LogP contribution in [0.3, 0.4) is 0 Å². The van der Waals surface area contributed by atoms with Gasteiger partial charge in [0.05, 0.1) is 6.04 Å². The summed E-state index contributed by atoms with van der Waals surface area (Å²) >= 11 is 5.98. The lowest BCUT2D eigenvalue weighted by Gasteiger charge is -2.37. The average Bonchev–Trinajstić information content (AvgIpc) is 2.54. The molecule has 3 N–H and O–H groups in total. The monoisotopic (exact) mass is 337 g/mol. The van der Waals surface area contributed by atoms with Crippen molar-refractivity contribution in [3.63, 3.8) is 0 Å². The van der Waals surface area contributed by atoms with Gasteiger partial charge in [0.15, 0.2) is 0 Å². The summed E-state index contributed by atoms with van der Waals surface area (Å²) in [4.78, 5) is 14.1. The summed E-state index contributed by atoms with van der Waals surface area (Å²) in [7, 11) is -0.415. The van der Waals surface area contributed by atoms with Gasteiger partial charge in [0.25, 0.3) is 0 Å². The number of hydrogen-bond acceptors (Lipinski definition) is 3. The zero-order valence-corrected chi connectivity index (χ0v) is 14.5. The molecule has 7 heteroatoms. The van der Waals surface area contributed by atoms with Gasteiger partial charge in [-0.25, -0.2) is 4.79 Å². The van der Waals surface area contributed by atoms with E-state index in [1.807, 2.05) is 31.2 Å². The summed E-state index contributed by atoms with van der Waals surface area (Å²) in [5.74, 6) is 0.341. The average molecular weight is 338 g/mol. The largest absolute Gasteiger partial charge is 0.437 e. The highest BCUT2D eigenvalue weighted by molar-refractivity contribution is 6.45. The molecule has 0 aliphatic carbocycles. The third kappa shape index (κ3) is 5.13. The maximum Gasteiger partial charge on any atom is 0.376 e. The fourth-order valence-electron chi connectivity index (χ4n) is 3.12. The summed E-state index contributed by atoms with van der Waals surface area (Å²) in [6, 6.07) is 7.46. The highest BCUT2D eigenvalue weighted by atomic mass is 35.5. The van der Waals surface area contributed by atoms with Crippen LogP contribution in [0.2, 0.25) is 11.8 Å². The normalized spacial score (nSPS) is 17.6. The van der Waals surface area contributed by atoms with E-state index >= 15 is 0 Å². The third-order valence-corrected chi connectivity index (χ3v) is 4.68. The maximum absolute atomic E-state index is 12.0. The highest BCUT2D eigenvalue weighted by Crippen LogP contribution is 2.31. The van der Waals surface area contributed by atoms with Gasteiger partial charge in [-0.3, -0.25) is 0 Å². The Balaban J connectivity index is 2.10. The van der Waals surface area contributed by atoms with Crippen molar-refractivity contribution in [2.24, 2.45) is 5.92 Å². The number of urea groups is 1. The predicted octanol–water partition coefficient (Wildman–Crippen LogP) is 2.52. The molecule has 23 heavy (non-hydrogen) atoms. The third-order valence-electron chi connectivity index (χ3n) is 4.43. The first-order chi connectivity index (χ1) is 11.0. The number of halogens is 1. The van der Waals surface area contributed by atoms with E-state index in [1.165, 1.54) is 0 Å². The molecule has 0 aromatic heterocycles. The molecule has 0 saturated carbocycles. The number of piperidine rings is 1. The highest BCUT2D eigenvalue weighted by Gasteiger charge is 2.30. The van der Waals surface area contributed by atoms with E-state index in [1.54, 1.807) is 6.82 Å². The molecule has 126 valence electrons. The van der Waals surface area contributed by atoms with Crippen LogP contribution in [0.5, 0.6) is 0 Å². The van der Waals surface area contributed by atoms with E-state index in [4.69, 9.17) is 11.6 Å². The van der Waals surface area contributed by atoms with Gasteiger partial charge in [0, 0.05) is 11.6 Å². The molecule has 1 atom stereocenters. The van der Waals surface area contributed by atoms with E-state index in [0.717, 1.165) is 31.5 Å². The smallest absolute Gasteiger partial charge is 0.376 e. The van der Waals surface area contributed by atoms with Crippen molar-refractivity contribution >= 4 is 24.7 Å². The van der Waals surface area contributed by atoms with Crippen molar-refractivity contribution in [3.05, 3.63) is 34.9 Å². The minimum absolute atomic E-state index is 0.0463. The zero-order valence-electron chi connectivity index (χ0n) is 13.8. The van der Waals surface area contributed by atoms with Crippen molar-refractivity contribution in [2.45, 2.75) is 32.6 Å². The predicted molar refractivity (Wildman–Crippen MR) is 94.5 cm³/mol. The van der Waals surface area contributed by atoms with Crippen LogP contribution < -0.4 is 10.6 Å². The lowest BCUT2D eigenvalue weighted by Crippen LogP contribution is -2.47. The molecular weight excluding hydrogens is 312 g/mol. The quantitative estimate of drug-likeness (QED) is 0.723. The molecular formula is C16H25BClN3O2. The Morgan fingerprint density at radius 3 is 2.52 bits per heavy atom. The summed E-state index contributed by atoms with van der Waals surface area (Å²) in [5.41, 5.74) is 1.07. The molecule has 0 radical (unpaired) electrons. The van der Waals surface area contributed by atoms with Crippen molar-refractivity contribution in [3.8, 4) is 0 Å². The van der Waals surface area contributed by atoms with Crippen molar-refractivity contribution in [2.75, 3.05) is 19.6 Å². The number of nitrogens with one attached hydrogen (secondary N) is 2. The van der Waals surface area contributed by atoms with Crippen LogP contribution in [0.4, 0.5) is 4.79 Å². The SMILES string of the molecule is CCNC(=O)NC(c1ccc(Cl)cc1)C1CCN(B(C)O)CC1. The molecule has 1 fully saturated rings. The van der Waals surface area contributed by atoms with Gasteiger partial charge in [-0.05, 0) is 63.3 Å². The van der Waals surface area contributed by atoms with Crippen molar-refractivity contribution in [1.82, 2.24) is 15.4 Å². The standard InChI is InChI=1S/C16H25BClN3O2/c1-3-19-16(22)20-15(12-4-6-14(18)7-5-12)13-8-10-21(11-9-13)17(2)23/h4-7,13,15,23H,3,8-11H2,1-2H3,(H2,19,20,22). The molecule has 1 aliphatic rings. The summed E-state index contributed by atoms with van der Waals surface area (Å²) in [6.45, 7) is 5.97. The van der Waals surface area contributed by atoms with Crippen LogP contribution in [0.25, 0.3) is 0 Å². The molecule has 0 bridgehead atoms. The van der Waals surface area contributed by atoms with Crippen LogP contribution in [0.1, 0.15) is 31.4 Å². The summed E-state index contributed by atoms with van der Waals surface area (Å²) < 4.78 is 0. The lowest BCUT2D eigenvalue weighted by atomic mass is 9.78. The number of carbonyl (C=O) groups is 1. The van der Waals surface area contributed by atoms with Gasteiger partial charge in [0.2, 0.25) is 0 Å². The number of benzene rings is 1. The second-order valence-electron chi connectivity index (χ2n) is 6.04. The molecule has 1 aliphatic heterocycles. The molecule has 0 spiro atoms. The molecule has 2 amide bonds. The fourth-order valence-corrected chi connectivity index (χ4v) is 3.25. The van der Waals surface area contributed by atoms with Crippen LogP contribution in [0.15, 0.2) is 24.3 Å². The minimum Gasteiger partial charge on any atom is -0.437 e. The first-order valence-electron chi connectivity index (χ1n) is 8.23. The van der Waals surface area contributed by atoms with Gasteiger partial charge in [-0.1, -0.05) is 23.7 Å². The van der Waals surface area contributed by atoms with Gasteiger partial charge >= 0.3 is 13.1 Å². The maximum atomic E-state index is 12.0. The Kier molecular flexibility index (Phi) is 6.75. The van der Waals surface area contributed by atoms with E-state index in [-0.39, 0.29) is 12.1 Å². The van der Waals surface area contributed by atoms with Gasteiger partial charge < -0.3 is 20.5 Å². The van der Waals surface area contributed by atoms with Gasteiger partial charge in [-0.2, -0.15) is 0 Å².